The highest BCUT2D eigenvalue weighted by molar-refractivity contribution is 5.16. The van der Waals surface area contributed by atoms with Gasteiger partial charge in [-0.2, -0.15) is 5.10 Å². The van der Waals surface area contributed by atoms with E-state index < -0.39 is 5.60 Å². The molecule has 2 rings (SSSR count). The van der Waals surface area contributed by atoms with Crippen molar-refractivity contribution in [2.24, 2.45) is 11.3 Å². The molecule has 1 saturated carbocycles. The fourth-order valence-corrected chi connectivity index (χ4v) is 3.03. The Morgan fingerprint density at radius 1 is 1.39 bits per heavy atom. The van der Waals surface area contributed by atoms with Crippen LogP contribution in [0.2, 0.25) is 0 Å². The van der Waals surface area contributed by atoms with Gasteiger partial charge in [0.2, 0.25) is 0 Å². The van der Waals surface area contributed by atoms with Gasteiger partial charge in [0.15, 0.2) is 0 Å². The average molecular weight is 250 g/mol. The first-order valence-corrected chi connectivity index (χ1v) is 7.10. The van der Waals surface area contributed by atoms with Crippen LogP contribution in [0, 0.1) is 11.3 Å². The molecule has 18 heavy (non-hydrogen) atoms. The molecule has 1 aliphatic rings. The lowest BCUT2D eigenvalue weighted by molar-refractivity contribution is -0.0298. The lowest BCUT2D eigenvalue weighted by atomic mass is 9.67. The topological polar surface area (TPSA) is 38.0 Å². The first kappa shape index (κ1) is 13.6. The third-order valence-electron chi connectivity index (χ3n) is 4.53. The van der Waals surface area contributed by atoms with Crippen molar-refractivity contribution in [2.45, 2.75) is 65.5 Å². The lowest BCUT2D eigenvalue weighted by Crippen LogP contribution is -2.35. The van der Waals surface area contributed by atoms with Crippen molar-refractivity contribution in [3.8, 4) is 0 Å². The van der Waals surface area contributed by atoms with Gasteiger partial charge in [-0.25, -0.2) is 0 Å². The predicted octanol–water partition coefficient (Wildman–Crippen LogP) is 3.33. The molecule has 0 aromatic carbocycles. The Morgan fingerprint density at radius 2 is 2.00 bits per heavy atom. The molecule has 0 aliphatic heterocycles. The van der Waals surface area contributed by atoms with Crippen molar-refractivity contribution in [1.82, 2.24) is 9.78 Å². The summed E-state index contributed by atoms with van der Waals surface area (Å²) >= 11 is 0. The molecular weight excluding hydrogens is 224 g/mol. The highest BCUT2D eigenvalue weighted by Gasteiger charge is 2.39. The van der Waals surface area contributed by atoms with Crippen LogP contribution in [0.25, 0.3) is 0 Å². The number of hydrogen-bond acceptors (Lipinski definition) is 2. The summed E-state index contributed by atoms with van der Waals surface area (Å²) in [5.41, 5.74) is 0.709. The molecule has 0 atom stereocenters. The van der Waals surface area contributed by atoms with Crippen LogP contribution in [-0.2, 0) is 12.1 Å². The SMILES string of the molecule is CCn1cc(C2(O)CCC(C(C)(C)C)CC2)cn1. The monoisotopic (exact) mass is 250 g/mol. The zero-order chi connectivity index (χ0) is 13.4. The van der Waals surface area contributed by atoms with Crippen LogP contribution in [0.3, 0.4) is 0 Å². The lowest BCUT2D eigenvalue weighted by Gasteiger charge is -2.41. The van der Waals surface area contributed by atoms with Crippen LogP contribution in [-0.4, -0.2) is 14.9 Å². The minimum absolute atomic E-state index is 0.356. The summed E-state index contributed by atoms with van der Waals surface area (Å²) in [7, 11) is 0. The van der Waals surface area contributed by atoms with Gasteiger partial charge < -0.3 is 5.11 Å². The van der Waals surface area contributed by atoms with Crippen LogP contribution < -0.4 is 0 Å². The number of rotatable bonds is 2. The molecule has 0 bridgehead atoms. The molecule has 1 aliphatic carbocycles. The van der Waals surface area contributed by atoms with Gasteiger partial charge in [0, 0.05) is 18.3 Å². The number of aliphatic hydroxyl groups is 1. The first-order chi connectivity index (χ1) is 8.35. The highest BCUT2D eigenvalue weighted by Crippen LogP contribution is 2.45. The average Bonchev–Trinajstić information content (AvgIpc) is 2.77. The molecular formula is C15H26N2O. The second-order valence-corrected chi connectivity index (χ2v) is 6.76. The normalized spacial score (nSPS) is 29.5. The van der Waals surface area contributed by atoms with Crippen LogP contribution in [0.5, 0.6) is 0 Å². The third kappa shape index (κ3) is 2.61. The molecule has 0 spiro atoms. The van der Waals surface area contributed by atoms with Gasteiger partial charge in [0.05, 0.1) is 11.8 Å². The molecule has 1 N–H and O–H groups in total. The van der Waals surface area contributed by atoms with E-state index in [2.05, 4.69) is 32.8 Å². The number of hydrogen-bond donors (Lipinski definition) is 1. The maximum absolute atomic E-state index is 10.8. The smallest absolute Gasteiger partial charge is 0.0927 e. The summed E-state index contributed by atoms with van der Waals surface area (Å²) < 4.78 is 1.89. The van der Waals surface area contributed by atoms with E-state index in [-0.39, 0.29) is 0 Å². The largest absolute Gasteiger partial charge is 0.385 e. The van der Waals surface area contributed by atoms with E-state index in [9.17, 15) is 5.11 Å². The van der Waals surface area contributed by atoms with Crippen LogP contribution in [0.1, 0.15) is 58.9 Å². The Bertz CT molecular complexity index is 395. The van der Waals surface area contributed by atoms with Gasteiger partial charge in [0.25, 0.3) is 0 Å². The van der Waals surface area contributed by atoms with Gasteiger partial charge >= 0.3 is 0 Å². The molecule has 0 saturated heterocycles. The van der Waals surface area contributed by atoms with Crippen molar-refractivity contribution in [3.63, 3.8) is 0 Å². The van der Waals surface area contributed by atoms with E-state index in [1.54, 1.807) is 0 Å². The molecule has 1 aromatic rings. The minimum atomic E-state index is -0.644. The first-order valence-electron chi connectivity index (χ1n) is 7.10. The van der Waals surface area contributed by atoms with Crippen LogP contribution >= 0.6 is 0 Å². The van der Waals surface area contributed by atoms with Gasteiger partial charge in [-0.1, -0.05) is 20.8 Å². The van der Waals surface area contributed by atoms with E-state index in [1.165, 1.54) is 0 Å². The van der Waals surface area contributed by atoms with Crippen molar-refractivity contribution in [2.75, 3.05) is 0 Å². The Balaban J connectivity index is 2.07. The van der Waals surface area contributed by atoms with Gasteiger partial charge in [-0.05, 0) is 43.9 Å². The number of aryl methyl sites for hydroxylation is 1. The zero-order valence-corrected chi connectivity index (χ0v) is 12.1. The molecule has 1 heterocycles. The van der Waals surface area contributed by atoms with Gasteiger partial charge in [-0.3, -0.25) is 4.68 Å². The van der Waals surface area contributed by atoms with Gasteiger partial charge in [-0.15, -0.1) is 0 Å². The quantitative estimate of drug-likeness (QED) is 0.874. The molecule has 102 valence electrons. The summed E-state index contributed by atoms with van der Waals surface area (Å²) in [4.78, 5) is 0. The number of aromatic nitrogens is 2. The predicted molar refractivity (Wildman–Crippen MR) is 73.2 cm³/mol. The summed E-state index contributed by atoms with van der Waals surface area (Å²) in [6.07, 6.45) is 7.78. The van der Waals surface area contributed by atoms with Crippen molar-refractivity contribution >= 4 is 0 Å². The molecule has 3 nitrogen and oxygen atoms in total. The molecule has 1 aromatic heterocycles. The van der Waals surface area contributed by atoms with E-state index in [0.717, 1.165) is 43.7 Å². The summed E-state index contributed by atoms with van der Waals surface area (Å²) in [6, 6.07) is 0. The summed E-state index contributed by atoms with van der Waals surface area (Å²) in [5.74, 6) is 0.721. The van der Waals surface area contributed by atoms with E-state index in [4.69, 9.17) is 0 Å². The van der Waals surface area contributed by atoms with E-state index in [0.29, 0.717) is 5.41 Å². The zero-order valence-electron chi connectivity index (χ0n) is 12.1. The second-order valence-electron chi connectivity index (χ2n) is 6.76. The molecule has 0 radical (unpaired) electrons. The maximum atomic E-state index is 10.8. The second kappa shape index (κ2) is 4.69. The Labute approximate surface area is 110 Å². The molecule has 1 fully saturated rings. The fraction of sp³-hybridized carbons (Fsp3) is 0.800. The van der Waals surface area contributed by atoms with Crippen molar-refractivity contribution in [3.05, 3.63) is 18.0 Å². The molecule has 3 heteroatoms. The van der Waals surface area contributed by atoms with Gasteiger partial charge in [0.1, 0.15) is 0 Å². The Morgan fingerprint density at radius 3 is 2.44 bits per heavy atom. The summed E-state index contributed by atoms with van der Waals surface area (Å²) in [5, 5.41) is 15.1. The van der Waals surface area contributed by atoms with E-state index >= 15 is 0 Å². The van der Waals surface area contributed by atoms with Crippen molar-refractivity contribution in [1.29, 1.82) is 0 Å². The minimum Gasteiger partial charge on any atom is -0.385 e. The molecule has 0 amide bonds. The number of nitrogens with zero attached hydrogens (tertiary/aromatic N) is 2. The Kier molecular flexibility index (Phi) is 3.54. The standard InChI is InChI=1S/C15H26N2O/c1-5-17-11-13(10-16-17)15(18)8-6-12(7-9-15)14(2,3)4/h10-12,18H,5-9H2,1-4H3. The maximum Gasteiger partial charge on any atom is 0.0927 e. The molecule has 0 unspecified atom stereocenters. The van der Waals surface area contributed by atoms with E-state index in [1.807, 2.05) is 17.1 Å². The highest BCUT2D eigenvalue weighted by atomic mass is 16.3. The van der Waals surface area contributed by atoms with Crippen molar-refractivity contribution < 1.29 is 5.11 Å². The Hall–Kier alpha value is -0.830. The third-order valence-corrected chi connectivity index (χ3v) is 4.53. The van der Waals surface area contributed by atoms with Crippen LogP contribution in [0.4, 0.5) is 0 Å². The van der Waals surface area contributed by atoms with Crippen LogP contribution in [0.15, 0.2) is 12.4 Å². The fourth-order valence-electron chi connectivity index (χ4n) is 3.03. The summed E-state index contributed by atoms with van der Waals surface area (Å²) in [6.45, 7) is 9.84.